The number of benzene rings is 3. The van der Waals surface area contributed by atoms with Gasteiger partial charge in [-0.05, 0) is 49.2 Å². The summed E-state index contributed by atoms with van der Waals surface area (Å²) < 4.78 is 28.4. The first-order chi connectivity index (χ1) is 13.3. The highest BCUT2D eigenvalue weighted by atomic mass is 35.5. The average molecular weight is 416 g/mol. The molecule has 0 aliphatic heterocycles. The van der Waals surface area contributed by atoms with Crippen molar-refractivity contribution in [2.24, 2.45) is 0 Å². The number of aliphatic hydroxyl groups is 1. The third kappa shape index (κ3) is 4.07. The van der Waals surface area contributed by atoms with Crippen molar-refractivity contribution >= 4 is 27.3 Å². The Balaban J connectivity index is 2.10. The second-order valence-electron chi connectivity index (χ2n) is 6.69. The van der Waals surface area contributed by atoms with Gasteiger partial charge in [0.25, 0.3) is 10.0 Å². The Morgan fingerprint density at radius 3 is 2.25 bits per heavy atom. The molecule has 0 radical (unpaired) electrons. The molecule has 0 heterocycles. The van der Waals surface area contributed by atoms with Crippen LogP contribution in [-0.2, 0) is 15.6 Å². The molecule has 0 spiro atoms. The SMILES string of the molecule is CCC(O)(c1ccccc1)c1cc(Cl)ccc1NS(=O)(=O)c1ccc(C)cc1. The first kappa shape index (κ1) is 20.4. The van der Waals surface area contributed by atoms with Gasteiger partial charge in [-0.25, -0.2) is 8.42 Å². The topological polar surface area (TPSA) is 66.4 Å². The van der Waals surface area contributed by atoms with Crippen LogP contribution < -0.4 is 4.72 Å². The largest absolute Gasteiger partial charge is 0.380 e. The molecule has 0 saturated heterocycles. The van der Waals surface area contributed by atoms with E-state index >= 15 is 0 Å². The van der Waals surface area contributed by atoms with Gasteiger partial charge in [-0.2, -0.15) is 0 Å². The summed E-state index contributed by atoms with van der Waals surface area (Å²) in [5.41, 5.74) is 0.936. The molecule has 0 amide bonds. The molecular formula is C22H22ClNO3S. The molecular weight excluding hydrogens is 394 g/mol. The predicted molar refractivity (Wildman–Crippen MR) is 113 cm³/mol. The van der Waals surface area contributed by atoms with Crippen molar-refractivity contribution in [1.82, 2.24) is 0 Å². The molecule has 2 N–H and O–H groups in total. The predicted octanol–water partition coefficient (Wildman–Crippen LogP) is 5.10. The smallest absolute Gasteiger partial charge is 0.261 e. The van der Waals surface area contributed by atoms with Crippen molar-refractivity contribution in [2.75, 3.05) is 4.72 Å². The lowest BCUT2D eigenvalue weighted by molar-refractivity contribution is 0.0773. The van der Waals surface area contributed by atoms with E-state index in [1.807, 2.05) is 44.2 Å². The maximum Gasteiger partial charge on any atom is 0.261 e. The maximum absolute atomic E-state index is 12.9. The van der Waals surface area contributed by atoms with Crippen molar-refractivity contribution in [3.8, 4) is 0 Å². The zero-order valence-corrected chi connectivity index (χ0v) is 17.3. The van der Waals surface area contributed by atoms with Crippen LogP contribution in [0.3, 0.4) is 0 Å². The zero-order valence-electron chi connectivity index (χ0n) is 15.7. The van der Waals surface area contributed by atoms with E-state index in [0.29, 0.717) is 22.6 Å². The van der Waals surface area contributed by atoms with Crippen molar-refractivity contribution in [2.45, 2.75) is 30.8 Å². The molecule has 0 fully saturated rings. The molecule has 6 heteroatoms. The zero-order chi connectivity index (χ0) is 20.4. The van der Waals surface area contributed by atoms with Gasteiger partial charge in [-0.15, -0.1) is 0 Å². The minimum atomic E-state index is -3.82. The fourth-order valence-corrected chi connectivity index (χ4v) is 4.38. The first-order valence-corrected chi connectivity index (χ1v) is 10.8. The maximum atomic E-state index is 12.9. The number of halogens is 1. The third-order valence-electron chi connectivity index (χ3n) is 4.77. The highest BCUT2D eigenvalue weighted by Crippen LogP contribution is 2.39. The quantitative estimate of drug-likeness (QED) is 0.588. The fraction of sp³-hybridized carbons (Fsp3) is 0.182. The van der Waals surface area contributed by atoms with E-state index in [2.05, 4.69) is 4.72 Å². The number of nitrogens with one attached hydrogen (secondary N) is 1. The van der Waals surface area contributed by atoms with Crippen molar-refractivity contribution in [3.63, 3.8) is 0 Å². The Bertz CT molecular complexity index is 1070. The van der Waals surface area contributed by atoms with Gasteiger partial charge < -0.3 is 5.11 Å². The normalized spacial score (nSPS) is 13.7. The van der Waals surface area contributed by atoms with E-state index in [1.54, 1.807) is 42.5 Å². The number of rotatable bonds is 6. The van der Waals surface area contributed by atoms with Crippen LogP contribution in [0.25, 0.3) is 0 Å². The molecule has 146 valence electrons. The Morgan fingerprint density at radius 2 is 1.64 bits per heavy atom. The second kappa shape index (κ2) is 7.95. The highest BCUT2D eigenvalue weighted by molar-refractivity contribution is 7.92. The van der Waals surface area contributed by atoms with Gasteiger partial charge in [-0.3, -0.25) is 4.72 Å². The van der Waals surface area contributed by atoms with Crippen LogP contribution in [-0.4, -0.2) is 13.5 Å². The number of hydrogen-bond acceptors (Lipinski definition) is 3. The van der Waals surface area contributed by atoms with E-state index in [-0.39, 0.29) is 10.6 Å². The molecule has 0 aliphatic rings. The Hall–Kier alpha value is -2.34. The van der Waals surface area contributed by atoms with E-state index in [1.165, 1.54) is 0 Å². The molecule has 4 nitrogen and oxygen atoms in total. The summed E-state index contributed by atoms with van der Waals surface area (Å²) in [6.45, 7) is 3.73. The molecule has 1 atom stereocenters. The third-order valence-corrected chi connectivity index (χ3v) is 6.38. The monoisotopic (exact) mass is 415 g/mol. The Labute approximate surface area is 170 Å². The van der Waals surface area contributed by atoms with Gasteiger partial charge in [-0.1, -0.05) is 66.6 Å². The van der Waals surface area contributed by atoms with Crippen molar-refractivity contribution < 1.29 is 13.5 Å². The van der Waals surface area contributed by atoms with Gasteiger partial charge in [0.05, 0.1) is 10.6 Å². The number of aryl methyl sites for hydroxylation is 1. The lowest BCUT2D eigenvalue weighted by Crippen LogP contribution is -2.28. The van der Waals surface area contributed by atoms with Crippen LogP contribution in [0.4, 0.5) is 5.69 Å². The number of sulfonamides is 1. The first-order valence-electron chi connectivity index (χ1n) is 8.93. The van der Waals surface area contributed by atoms with Crippen LogP contribution >= 0.6 is 11.6 Å². The van der Waals surface area contributed by atoms with Gasteiger partial charge in [0.15, 0.2) is 0 Å². The Morgan fingerprint density at radius 1 is 1.00 bits per heavy atom. The van der Waals surface area contributed by atoms with Crippen molar-refractivity contribution in [3.05, 3.63) is 94.5 Å². The summed E-state index contributed by atoms with van der Waals surface area (Å²) in [4.78, 5) is 0.152. The molecule has 3 aromatic carbocycles. The number of anilines is 1. The lowest BCUT2D eigenvalue weighted by Gasteiger charge is -2.30. The number of hydrogen-bond donors (Lipinski definition) is 2. The van der Waals surface area contributed by atoms with Gasteiger partial charge >= 0.3 is 0 Å². The minimum absolute atomic E-state index is 0.152. The molecule has 0 aromatic heterocycles. The van der Waals surface area contributed by atoms with Crippen LogP contribution in [0.5, 0.6) is 0 Å². The van der Waals surface area contributed by atoms with E-state index in [9.17, 15) is 13.5 Å². The molecule has 1 unspecified atom stereocenters. The Kier molecular flexibility index (Phi) is 5.79. The summed E-state index contributed by atoms with van der Waals surface area (Å²) in [6.07, 6.45) is 0.344. The highest BCUT2D eigenvalue weighted by Gasteiger charge is 2.33. The summed E-state index contributed by atoms with van der Waals surface area (Å²) in [5.74, 6) is 0. The van der Waals surface area contributed by atoms with E-state index in [4.69, 9.17) is 11.6 Å². The summed E-state index contributed by atoms with van der Waals surface area (Å²) in [5, 5.41) is 11.9. The molecule has 0 bridgehead atoms. The molecule has 3 rings (SSSR count). The molecule has 0 aliphatic carbocycles. The molecule has 0 saturated carbocycles. The fourth-order valence-electron chi connectivity index (χ4n) is 3.13. The standard InChI is InChI=1S/C22H22ClNO3S/c1-3-22(25,17-7-5-4-6-8-17)20-15-18(23)11-14-21(20)24-28(26,27)19-12-9-16(2)10-13-19/h4-15,24-25H,3H2,1-2H3. The van der Waals surface area contributed by atoms with Crippen LogP contribution in [0.15, 0.2) is 77.7 Å². The summed E-state index contributed by atoms with van der Waals surface area (Å²) in [6, 6.07) is 20.5. The van der Waals surface area contributed by atoms with E-state index < -0.39 is 15.6 Å². The van der Waals surface area contributed by atoms with Gasteiger partial charge in [0, 0.05) is 10.6 Å². The van der Waals surface area contributed by atoms with Crippen LogP contribution in [0, 0.1) is 6.92 Å². The lowest BCUT2D eigenvalue weighted by atomic mass is 9.83. The van der Waals surface area contributed by atoms with Crippen LogP contribution in [0.2, 0.25) is 5.02 Å². The van der Waals surface area contributed by atoms with E-state index in [0.717, 1.165) is 5.56 Å². The molecule has 28 heavy (non-hydrogen) atoms. The van der Waals surface area contributed by atoms with Gasteiger partial charge in [0.1, 0.15) is 5.60 Å². The van der Waals surface area contributed by atoms with Gasteiger partial charge in [0.2, 0.25) is 0 Å². The molecule has 3 aromatic rings. The second-order valence-corrected chi connectivity index (χ2v) is 8.81. The van der Waals surface area contributed by atoms with Crippen molar-refractivity contribution in [1.29, 1.82) is 0 Å². The summed E-state index contributed by atoms with van der Waals surface area (Å²) >= 11 is 6.18. The van der Waals surface area contributed by atoms with Crippen LogP contribution in [0.1, 0.15) is 30.0 Å². The minimum Gasteiger partial charge on any atom is -0.380 e. The summed E-state index contributed by atoms with van der Waals surface area (Å²) in [7, 11) is -3.82. The average Bonchev–Trinajstić information content (AvgIpc) is 2.69.